The van der Waals surface area contributed by atoms with Crippen LogP contribution in [0.4, 0.5) is 0 Å². The van der Waals surface area contributed by atoms with Crippen LogP contribution in [-0.2, 0) is 59.2 Å². The van der Waals surface area contributed by atoms with E-state index in [-0.39, 0.29) is 37.9 Å². The van der Waals surface area contributed by atoms with Crippen LogP contribution in [0.25, 0.3) is 5.69 Å². The minimum atomic E-state index is -1.84. The number of benzene rings is 1. The van der Waals surface area contributed by atoms with Crippen LogP contribution in [0.1, 0.15) is 125 Å². The molecule has 0 saturated carbocycles. The lowest BCUT2D eigenvalue weighted by Crippen LogP contribution is -2.61. The summed E-state index contributed by atoms with van der Waals surface area (Å²) in [6, 6.07) is 7.15. The second kappa shape index (κ2) is 25.9. The summed E-state index contributed by atoms with van der Waals surface area (Å²) in [5, 5.41) is 85.9. The first-order chi connectivity index (χ1) is 35.3. The number of cyclic esters (lactones) is 1. The third-order valence-electron chi connectivity index (χ3n) is 16.4. The summed E-state index contributed by atoms with van der Waals surface area (Å²) < 4.78 is 41.9. The van der Waals surface area contributed by atoms with E-state index in [0.29, 0.717) is 31.6 Å². The Hall–Kier alpha value is -3.55. The predicted octanol–water partition coefficient (Wildman–Crippen LogP) is 3.20. The second-order valence-corrected chi connectivity index (χ2v) is 22.8. The van der Waals surface area contributed by atoms with Gasteiger partial charge in [-0.2, -0.15) is 0 Å². The summed E-state index contributed by atoms with van der Waals surface area (Å²) in [5.74, 6) is -2.77. The molecule has 6 rings (SSSR count). The van der Waals surface area contributed by atoms with Crippen molar-refractivity contribution in [3.63, 3.8) is 0 Å². The number of esters is 1. The van der Waals surface area contributed by atoms with Crippen LogP contribution in [-0.4, -0.2) is 201 Å². The van der Waals surface area contributed by atoms with E-state index in [1.165, 1.54) is 19.6 Å². The summed E-state index contributed by atoms with van der Waals surface area (Å²) >= 11 is 0. The van der Waals surface area contributed by atoms with Gasteiger partial charge in [-0.3, -0.25) is 9.48 Å². The monoisotopic (exact) mass is 1060 g/mol. The summed E-state index contributed by atoms with van der Waals surface area (Å²) in [7, 11) is 5.30. The van der Waals surface area contributed by atoms with Gasteiger partial charge in [0.05, 0.1) is 65.7 Å². The van der Waals surface area contributed by atoms with Crippen molar-refractivity contribution in [1.82, 2.24) is 39.8 Å². The molecule has 5 heterocycles. The molecule has 0 radical (unpaired) electrons. The van der Waals surface area contributed by atoms with Crippen molar-refractivity contribution in [1.29, 1.82) is 0 Å². The number of carbonyl (C=O) groups is 1. The molecule has 21 nitrogen and oxygen atoms in total. The zero-order valence-electron chi connectivity index (χ0n) is 46.7. The third kappa shape index (κ3) is 14.8. The van der Waals surface area contributed by atoms with Gasteiger partial charge in [0.15, 0.2) is 12.6 Å². The van der Waals surface area contributed by atoms with Crippen molar-refractivity contribution in [2.45, 2.75) is 224 Å². The van der Waals surface area contributed by atoms with Gasteiger partial charge in [0.25, 0.3) is 0 Å². The van der Waals surface area contributed by atoms with E-state index in [2.05, 4.69) is 37.7 Å². The number of hydrogen-bond acceptors (Lipinski definition) is 19. The molecule has 0 aliphatic carbocycles. The van der Waals surface area contributed by atoms with Crippen molar-refractivity contribution >= 4 is 5.97 Å². The highest BCUT2D eigenvalue weighted by Crippen LogP contribution is 2.40. The predicted molar refractivity (Wildman–Crippen MR) is 277 cm³/mol. The maximum atomic E-state index is 14.5. The first-order valence-corrected chi connectivity index (χ1v) is 27.1. The molecule has 0 spiro atoms. The molecular formula is C54H90N8O13. The number of aliphatic hydroxyl groups is 6. The molecule has 18 atom stereocenters. The van der Waals surface area contributed by atoms with Gasteiger partial charge in [-0.05, 0) is 125 Å². The Bertz CT molecular complexity index is 2230. The molecule has 21 heteroatoms. The normalized spacial score (nSPS) is 38.0. The zero-order chi connectivity index (χ0) is 55.2. The van der Waals surface area contributed by atoms with Gasteiger partial charge in [-0.15, -0.1) is 10.2 Å². The Morgan fingerprint density at radius 3 is 2.23 bits per heavy atom. The lowest BCUT2D eigenvalue weighted by molar-refractivity contribution is -0.318. The first-order valence-electron chi connectivity index (χ1n) is 27.1. The molecule has 75 heavy (non-hydrogen) atoms. The third-order valence-corrected chi connectivity index (χ3v) is 16.4. The van der Waals surface area contributed by atoms with E-state index in [1.54, 1.807) is 52.4 Å². The van der Waals surface area contributed by atoms with Crippen LogP contribution in [0.15, 0.2) is 36.7 Å². The molecule has 3 aliphatic heterocycles. The molecule has 3 aliphatic rings. The summed E-state index contributed by atoms with van der Waals surface area (Å²) in [6.07, 6.45) is -1.96. The SMILES string of the molecule is CC[C@H]1OC(=O)[C@H](C)[C@@H](O[C@H]2C[C@@](C)(OC)[C@@H](O)[C@H](C)O2)[C@H](C)[C@@H](O[C@@H]2O[C@H](C)C[C@H](N(C)CCc3cn(CCCCc4ccc(-n5cc(CO)nn5)cc4)nn3)[C@H]2O)[C@](C)(O)C[C@@H](C)CN(C)[C@H](C)[C@@H](O)[C@]1(C)O. The van der Waals surface area contributed by atoms with Crippen molar-refractivity contribution < 1.29 is 63.9 Å². The van der Waals surface area contributed by atoms with E-state index in [9.17, 15) is 35.4 Å². The quantitative estimate of drug-likeness (QED) is 0.0838. The van der Waals surface area contributed by atoms with Crippen LogP contribution in [0, 0.1) is 17.8 Å². The Kier molecular flexibility index (Phi) is 21.0. The molecule has 0 unspecified atom stereocenters. The number of aryl methyl sites for hydroxylation is 2. The van der Waals surface area contributed by atoms with E-state index in [0.717, 1.165) is 37.2 Å². The number of hydrogen-bond donors (Lipinski definition) is 6. The first kappa shape index (κ1) is 60.7. The Balaban J connectivity index is 1.17. The molecule has 1 aromatic carbocycles. The largest absolute Gasteiger partial charge is 0.459 e. The van der Waals surface area contributed by atoms with Gasteiger partial charge in [0, 0.05) is 63.8 Å². The van der Waals surface area contributed by atoms with Crippen molar-refractivity contribution in [3.8, 4) is 5.69 Å². The number of aliphatic hydroxyl groups excluding tert-OH is 4. The van der Waals surface area contributed by atoms with Crippen molar-refractivity contribution in [2.24, 2.45) is 17.8 Å². The summed E-state index contributed by atoms with van der Waals surface area (Å²) in [6.45, 7) is 19.1. The highest BCUT2D eigenvalue weighted by atomic mass is 16.7. The highest BCUT2D eigenvalue weighted by molar-refractivity contribution is 5.73. The number of unbranched alkanes of at least 4 members (excludes halogenated alkanes) is 1. The molecule has 3 aromatic rings. The molecule has 3 fully saturated rings. The maximum Gasteiger partial charge on any atom is 0.311 e. The fourth-order valence-electron chi connectivity index (χ4n) is 11.6. The van der Waals surface area contributed by atoms with Gasteiger partial charge in [0.2, 0.25) is 0 Å². The fraction of sp³-hybridized carbons (Fsp3) is 0.796. The van der Waals surface area contributed by atoms with E-state index < -0.39 is 102 Å². The Morgan fingerprint density at radius 2 is 1.57 bits per heavy atom. The molecule has 0 amide bonds. The number of nitrogens with zero attached hydrogens (tertiary/aromatic N) is 8. The second-order valence-electron chi connectivity index (χ2n) is 22.8. The lowest BCUT2D eigenvalue weighted by atomic mass is 9.77. The lowest BCUT2D eigenvalue weighted by Gasteiger charge is -2.49. The van der Waals surface area contributed by atoms with Gasteiger partial charge >= 0.3 is 5.97 Å². The maximum absolute atomic E-state index is 14.5. The van der Waals surface area contributed by atoms with Gasteiger partial charge in [0.1, 0.15) is 35.7 Å². The average molecular weight is 1060 g/mol. The van der Waals surface area contributed by atoms with Gasteiger partial charge in [-0.1, -0.05) is 43.3 Å². The number of carbonyl (C=O) groups excluding carboxylic acids is 1. The number of aromatic nitrogens is 6. The average Bonchev–Trinajstić information content (AvgIpc) is 4.06. The van der Waals surface area contributed by atoms with E-state index >= 15 is 0 Å². The number of methoxy groups -OCH3 is 1. The molecule has 0 bridgehead atoms. The van der Waals surface area contributed by atoms with E-state index in [1.807, 2.05) is 62.8 Å². The number of ether oxygens (including phenoxy) is 6. The molecular weight excluding hydrogens is 969 g/mol. The zero-order valence-corrected chi connectivity index (χ0v) is 46.7. The highest BCUT2D eigenvalue weighted by Gasteiger charge is 2.53. The van der Waals surface area contributed by atoms with Crippen molar-refractivity contribution in [2.75, 3.05) is 34.3 Å². The van der Waals surface area contributed by atoms with Gasteiger partial charge < -0.3 is 68.9 Å². The molecule has 6 N–H and O–H groups in total. The Morgan fingerprint density at radius 1 is 0.880 bits per heavy atom. The smallest absolute Gasteiger partial charge is 0.311 e. The topological polar surface area (TPSA) is 262 Å². The van der Waals surface area contributed by atoms with Crippen LogP contribution >= 0.6 is 0 Å². The summed E-state index contributed by atoms with van der Waals surface area (Å²) in [4.78, 5) is 18.5. The summed E-state index contributed by atoms with van der Waals surface area (Å²) in [5.41, 5.74) is -1.10. The van der Waals surface area contributed by atoms with E-state index in [4.69, 9.17) is 28.4 Å². The molecule has 2 aromatic heterocycles. The minimum Gasteiger partial charge on any atom is -0.459 e. The van der Waals surface area contributed by atoms with Crippen LogP contribution in [0.2, 0.25) is 0 Å². The molecule has 424 valence electrons. The van der Waals surface area contributed by atoms with Gasteiger partial charge in [-0.25, -0.2) is 4.68 Å². The van der Waals surface area contributed by atoms with Crippen LogP contribution in [0.5, 0.6) is 0 Å². The standard InChI is InChI=1S/C54H90N8O13/c1-14-43-54(10,69)47(65)36(6)60(12)28-32(2)26-52(8,68)49(34(4)46(35(5)50(67)73-43)74-44-27-53(9,70-13)48(66)37(7)72-44)75-51-45(64)42(25-33(3)71-51)59(11)24-22-39-29-61(57-55-39)23-16-15-17-38-18-20-41(21-19-38)62-30-40(31-63)56-58-62/h18-21,29-30,32-37,42-49,51,63-66,68-69H,14-17,22-28,31H2,1-13H3/t32-,33-,34+,35-,36-,37+,42+,43-,44+,45-,46+,47-,48+,49-,51+,52-,53-,54-/m1/s1. The van der Waals surface area contributed by atoms with Crippen molar-refractivity contribution in [3.05, 3.63) is 53.6 Å². The fourth-order valence-corrected chi connectivity index (χ4v) is 11.6. The number of rotatable bonds is 17. The van der Waals surface area contributed by atoms with Crippen LogP contribution in [0.3, 0.4) is 0 Å². The molecule has 3 saturated heterocycles. The number of likely N-dealkylation sites (N-methyl/N-ethyl adjacent to an activating group) is 2. The Labute approximate surface area is 443 Å². The van der Waals surface area contributed by atoms with Crippen LogP contribution < -0.4 is 0 Å². The minimum absolute atomic E-state index is 0.103.